The predicted octanol–water partition coefficient (Wildman–Crippen LogP) is 1.50. The van der Waals surface area contributed by atoms with E-state index in [9.17, 15) is 9.18 Å². The SMILES string of the molecule is COCC(N)C(=O)Nc1ccc(Br)cc1F. The Labute approximate surface area is 101 Å². The lowest BCUT2D eigenvalue weighted by atomic mass is 10.2. The molecule has 0 saturated carbocycles. The summed E-state index contributed by atoms with van der Waals surface area (Å²) in [6.45, 7) is 0.0873. The van der Waals surface area contributed by atoms with Crippen molar-refractivity contribution in [1.29, 1.82) is 0 Å². The largest absolute Gasteiger partial charge is 0.383 e. The molecule has 16 heavy (non-hydrogen) atoms. The lowest BCUT2D eigenvalue weighted by Gasteiger charge is -2.11. The molecule has 1 amide bonds. The smallest absolute Gasteiger partial charge is 0.243 e. The fraction of sp³-hybridized carbons (Fsp3) is 0.300. The van der Waals surface area contributed by atoms with Crippen LogP contribution in [0.1, 0.15) is 0 Å². The molecule has 0 aliphatic carbocycles. The molecule has 0 saturated heterocycles. The number of nitrogens with two attached hydrogens (primary N) is 1. The molecule has 0 fully saturated rings. The maximum atomic E-state index is 13.3. The second-order valence-electron chi connectivity index (χ2n) is 3.18. The third-order valence-corrected chi connectivity index (χ3v) is 2.37. The van der Waals surface area contributed by atoms with Crippen LogP contribution in [0.25, 0.3) is 0 Å². The summed E-state index contributed by atoms with van der Waals surface area (Å²) in [5.74, 6) is -1.00. The zero-order chi connectivity index (χ0) is 12.1. The molecule has 0 aliphatic rings. The van der Waals surface area contributed by atoms with Crippen molar-refractivity contribution >= 4 is 27.5 Å². The second-order valence-corrected chi connectivity index (χ2v) is 4.09. The van der Waals surface area contributed by atoms with Gasteiger partial charge in [0, 0.05) is 11.6 Å². The van der Waals surface area contributed by atoms with Crippen LogP contribution in [0.5, 0.6) is 0 Å². The van der Waals surface area contributed by atoms with E-state index in [1.54, 1.807) is 6.07 Å². The lowest BCUT2D eigenvalue weighted by molar-refractivity contribution is -0.118. The average Bonchev–Trinajstić information content (AvgIpc) is 2.22. The van der Waals surface area contributed by atoms with Crippen LogP contribution in [0.3, 0.4) is 0 Å². The molecule has 0 aromatic heterocycles. The molecule has 1 unspecified atom stereocenters. The summed E-state index contributed by atoms with van der Waals surface area (Å²) in [6.07, 6.45) is 0. The Morgan fingerprint density at radius 3 is 2.94 bits per heavy atom. The van der Waals surface area contributed by atoms with Gasteiger partial charge < -0.3 is 15.8 Å². The molecular formula is C10H12BrFN2O2. The third-order valence-electron chi connectivity index (χ3n) is 1.87. The van der Waals surface area contributed by atoms with E-state index in [1.807, 2.05) is 0 Å². The number of amides is 1. The van der Waals surface area contributed by atoms with E-state index in [4.69, 9.17) is 10.5 Å². The Morgan fingerprint density at radius 1 is 1.69 bits per heavy atom. The number of carbonyl (C=O) groups is 1. The first kappa shape index (κ1) is 13.1. The number of carbonyl (C=O) groups excluding carboxylic acids is 1. The minimum absolute atomic E-state index is 0.0873. The van der Waals surface area contributed by atoms with Gasteiger partial charge in [-0.2, -0.15) is 0 Å². The van der Waals surface area contributed by atoms with Crippen molar-refractivity contribution in [3.05, 3.63) is 28.5 Å². The van der Waals surface area contributed by atoms with E-state index in [0.717, 1.165) is 0 Å². The lowest BCUT2D eigenvalue weighted by Crippen LogP contribution is -2.39. The van der Waals surface area contributed by atoms with Gasteiger partial charge in [0.2, 0.25) is 5.91 Å². The van der Waals surface area contributed by atoms with Gasteiger partial charge in [0.1, 0.15) is 11.9 Å². The molecule has 0 bridgehead atoms. The normalized spacial score (nSPS) is 12.2. The van der Waals surface area contributed by atoms with Gasteiger partial charge in [-0.25, -0.2) is 4.39 Å². The summed E-state index contributed by atoms with van der Waals surface area (Å²) >= 11 is 3.12. The van der Waals surface area contributed by atoms with Crippen molar-refractivity contribution in [1.82, 2.24) is 0 Å². The summed E-state index contributed by atoms with van der Waals surface area (Å²) in [7, 11) is 1.44. The summed E-state index contributed by atoms with van der Waals surface area (Å²) in [5, 5.41) is 2.38. The first-order chi connectivity index (χ1) is 7.54. The summed E-state index contributed by atoms with van der Waals surface area (Å²) in [4.78, 5) is 11.4. The van der Waals surface area contributed by atoms with Crippen molar-refractivity contribution in [3.8, 4) is 0 Å². The van der Waals surface area contributed by atoms with E-state index in [2.05, 4.69) is 21.2 Å². The van der Waals surface area contributed by atoms with Crippen LogP contribution in [0, 0.1) is 5.82 Å². The Morgan fingerprint density at radius 2 is 2.38 bits per heavy atom. The standard InChI is InChI=1S/C10H12BrFN2O2/c1-16-5-8(13)10(15)14-9-3-2-6(11)4-7(9)12/h2-4,8H,5,13H2,1H3,(H,14,15). The van der Waals surface area contributed by atoms with Crippen LogP contribution in [0.4, 0.5) is 10.1 Å². The maximum Gasteiger partial charge on any atom is 0.243 e. The monoisotopic (exact) mass is 290 g/mol. The molecular weight excluding hydrogens is 279 g/mol. The molecule has 0 heterocycles. The molecule has 4 nitrogen and oxygen atoms in total. The quantitative estimate of drug-likeness (QED) is 0.883. The fourth-order valence-corrected chi connectivity index (χ4v) is 1.40. The predicted molar refractivity (Wildman–Crippen MR) is 62.6 cm³/mol. The molecule has 0 radical (unpaired) electrons. The van der Waals surface area contributed by atoms with Crippen molar-refractivity contribution in [3.63, 3.8) is 0 Å². The summed E-state index contributed by atoms with van der Waals surface area (Å²) in [6, 6.07) is 3.53. The Balaban J connectivity index is 2.69. The van der Waals surface area contributed by atoms with Gasteiger partial charge in [-0.15, -0.1) is 0 Å². The average molecular weight is 291 g/mol. The number of hydrogen-bond acceptors (Lipinski definition) is 3. The van der Waals surface area contributed by atoms with Crippen molar-refractivity contribution in [2.24, 2.45) is 5.73 Å². The van der Waals surface area contributed by atoms with E-state index >= 15 is 0 Å². The third kappa shape index (κ3) is 3.55. The number of nitrogens with one attached hydrogen (secondary N) is 1. The van der Waals surface area contributed by atoms with E-state index in [-0.39, 0.29) is 12.3 Å². The molecule has 3 N–H and O–H groups in total. The Bertz CT molecular complexity index is 387. The van der Waals surface area contributed by atoms with Gasteiger partial charge in [-0.1, -0.05) is 15.9 Å². The molecule has 0 spiro atoms. The number of rotatable bonds is 4. The van der Waals surface area contributed by atoms with Crippen molar-refractivity contribution < 1.29 is 13.9 Å². The number of benzene rings is 1. The zero-order valence-electron chi connectivity index (χ0n) is 8.67. The van der Waals surface area contributed by atoms with Gasteiger partial charge in [0.05, 0.1) is 12.3 Å². The van der Waals surface area contributed by atoms with Crippen LogP contribution in [0.2, 0.25) is 0 Å². The summed E-state index contributed by atoms with van der Waals surface area (Å²) < 4.78 is 18.7. The number of methoxy groups -OCH3 is 1. The minimum atomic E-state index is -0.812. The van der Waals surface area contributed by atoms with Gasteiger partial charge in [-0.3, -0.25) is 4.79 Å². The van der Waals surface area contributed by atoms with Gasteiger partial charge >= 0.3 is 0 Å². The molecule has 1 aromatic rings. The van der Waals surface area contributed by atoms with Crippen molar-refractivity contribution in [2.45, 2.75) is 6.04 Å². The molecule has 1 rings (SSSR count). The van der Waals surface area contributed by atoms with E-state index in [0.29, 0.717) is 4.47 Å². The van der Waals surface area contributed by atoms with Crippen LogP contribution in [0.15, 0.2) is 22.7 Å². The van der Waals surface area contributed by atoms with Gasteiger partial charge in [0.15, 0.2) is 0 Å². The molecule has 88 valence electrons. The van der Waals surface area contributed by atoms with Crippen LogP contribution >= 0.6 is 15.9 Å². The Hall–Kier alpha value is -0.980. The van der Waals surface area contributed by atoms with Crippen molar-refractivity contribution in [2.75, 3.05) is 19.0 Å². The number of anilines is 1. The van der Waals surface area contributed by atoms with Gasteiger partial charge in [-0.05, 0) is 18.2 Å². The van der Waals surface area contributed by atoms with Gasteiger partial charge in [0.25, 0.3) is 0 Å². The molecule has 0 aliphatic heterocycles. The highest BCUT2D eigenvalue weighted by atomic mass is 79.9. The highest BCUT2D eigenvalue weighted by molar-refractivity contribution is 9.10. The molecule has 1 aromatic carbocycles. The van der Waals surface area contributed by atoms with E-state index in [1.165, 1.54) is 19.2 Å². The zero-order valence-corrected chi connectivity index (χ0v) is 10.3. The highest BCUT2D eigenvalue weighted by Crippen LogP contribution is 2.19. The highest BCUT2D eigenvalue weighted by Gasteiger charge is 2.14. The van der Waals surface area contributed by atoms with Crippen LogP contribution in [-0.2, 0) is 9.53 Å². The topological polar surface area (TPSA) is 64.3 Å². The van der Waals surface area contributed by atoms with Crippen LogP contribution in [-0.4, -0.2) is 25.7 Å². The number of ether oxygens (including phenoxy) is 1. The minimum Gasteiger partial charge on any atom is -0.383 e. The Kier molecular flexibility index (Phi) is 4.85. The molecule has 1 atom stereocenters. The van der Waals surface area contributed by atoms with Crippen LogP contribution < -0.4 is 11.1 Å². The number of hydrogen-bond donors (Lipinski definition) is 2. The fourth-order valence-electron chi connectivity index (χ4n) is 1.07. The molecule has 6 heteroatoms. The first-order valence-electron chi connectivity index (χ1n) is 4.55. The maximum absolute atomic E-state index is 13.3. The number of halogens is 2. The first-order valence-corrected chi connectivity index (χ1v) is 5.34. The second kappa shape index (κ2) is 5.93. The summed E-state index contributed by atoms with van der Waals surface area (Å²) in [5.41, 5.74) is 5.58. The van der Waals surface area contributed by atoms with E-state index < -0.39 is 17.8 Å².